The van der Waals surface area contributed by atoms with Gasteiger partial charge in [0.25, 0.3) is 5.91 Å². The highest BCUT2D eigenvalue weighted by atomic mass is 19.4. The standard InChI is InChI=1S/C19H23F3N4O3/c1-11(2)17(27)26-15-8-13(4-5-23-15)18(28)24-9-14-6-12(3)7-16(25-14)29-10-19(20,21)22/h4-8,11,14,25H,9-10H2,1-3H3,(H,24,28)(H,23,26,27). The van der Waals surface area contributed by atoms with Gasteiger partial charge in [-0.05, 0) is 24.6 Å². The number of nitrogens with zero attached hydrogens (tertiary/aromatic N) is 1. The molecule has 0 radical (unpaired) electrons. The molecule has 0 saturated carbocycles. The molecule has 10 heteroatoms. The molecule has 158 valence electrons. The van der Waals surface area contributed by atoms with E-state index in [0.717, 1.165) is 0 Å². The molecule has 1 aliphatic rings. The predicted molar refractivity (Wildman–Crippen MR) is 101 cm³/mol. The van der Waals surface area contributed by atoms with E-state index in [4.69, 9.17) is 4.74 Å². The van der Waals surface area contributed by atoms with Gasteiger partial charge in [-0.1, -0.05) is 19.9 Å². The molecule has 7 nitrogen and oxygen atoms in total. The maximum Gasteiger partial charge on any atom is 0.422 e. The maximum atomic E-state index is 12.4. The van der Waals surface area contributed by atoms with Crippen molar-refractivity contribution in [1.82, 2.24) is 15.6 Å². The van der Waals surface area contributed by atoms with Crippen molar-refractivity contribution in [3.63, 3.8) is 0 Å². The van der Waals surface area contributed by atoms with Crippen LogP contribution < -0.4 is 16.0 Å². The van der Waals surface area contributed by atoms with Gasteiger partial charge in [0.15, 0.2) is 12.5 Å². The van der Waals surface area contributed by atoms with Crippen LogP contribution in [0.25, 0.3) is 0 Å². The van der Waals surface area contributed by atoms with Gasteiger partial charge in [0.2, 0.25) is 5.91 Å². The third kappa shape index (κ3) is 7.47. The highest BCUT2D eigenvalue weighted by Crippen LogP contribution is 2.18. The van der Waals surface area contributed by atoms with Crippen LogP contribution in [0, 0.1) is 5.92 Å². The Kier molecular flexibility index (Phi) is 7.24. The van der Waals surface area contributed by atoms with Crippen molar-refractivity contribution in [1.29, 1.82) is 0 Å². The fraction of sp³-hybridized carbons (Fsp3) is 0.421. The number of halogens is 3. The van der Waals surface area contributed by atoms with E-state index in [0.29, 0.717) is 11.1 Å². The number of pyridine rings is 1. The molecule has 0 fully saturated rings. The molecular formula is C19H23F3N4O3. The summed E-state index contributed by atoms with van der Waals surface area (Å²) in [5.41, 5.74) is 1.00. The van der Waals surface area contributed by atoms with E-state index in [9.17, 15) is 22.8 Å². The van der Waals surface area contributed by atoms with Crippen LogP contribution in [0.4, 0.5) is 19.0 Å². The SMILES string of the molecule is CC1=CC(CNC(=O)c2ccnc(NC(=O)C(C)C)c2)NC(OCC(F)(F)F)=C1. The van der Waals surface area contributed by atoms with Crippen LogP contribution in [0.1, 0.15) is 31.1 Å². The van der Waals surface area contributed by atoms with Crippen molar-refractivity contribution in [2.24, 2.45) is 5.92 Å². The summed E-state index contributed by atoms with van der Waals surface area (Å²) in [5.74, 6) is -0.616. The van der Waals surface area contributed by atoms with Crippen LogP contribution in [0.15, 0.2) is 41.9 Å². The summed E-state index contributed by atoms with van der Waals surface area (Å²) in [6.45, 7) is 3.91. The largest absolute Gasteiger partial charge is 0.470 e. The average Bonchev–Trinajstić information content (AvgIpc) is 2.63. The number of amides is 2. The summed E-state index contributed by atoms with van der Waals surface area (Å²) in [6.07, 6.45) is 0.184. The third-order valence-electron chi connectivity index (χ3n) is 3.82. The van der Waals surface area contributed by atoms with Gasteiger partial charge in [-0.3, -0.25) is 9.59 Å². The molecule has 2 amide bonds. The molecule has 1 unspecified atom stereocenters. The van der Waals surface area contributed by atoms with E-state index < -0.39 is 24.7 Å². The van der Waals surface area contributed by atoms with Crippen LogP contribution in [0.2, 0.25) is 0 Å². The molecule has 0 aliphatic carbocycles. The van der Waals surface area contributed by atoms with Gasteiger partial charge in [0, 0.05) is 30.3 Å². The zero-order valence-electron chi connectivity index (χ0n) is 16.3. The van der Waals surface area contributed by atoms with Crippen LogP contribution in [0.3, 0.4) is 0 Å². The van der Waals surface area contributed by atoms with Crippen LogP contribution >= 0.6 is 0 Å². The van der Waals surface area contributed by atoms with Crippen LogP contribution in [-0.2, 0) is 9.53 Å². The van der Waals surface area contributed by atoms with E-state index in [1.807, 2.05) is 0 Å². The fourth-order valence-corrected chi connectivity index (χ4v) is 2.41. The first-order valence-corrected chi connectivity index (χ1v) is 8.95. The molecule has 0 saturated heterocycles. The van der Waals surface area contributed by atoms with E-state index in [1.54, 1.807) is 26.8 Å². The summed E-state index contributed by atoms with van der Waals surface area (Å²) in [7, 11) is 0. The van der Waals surface area contributed by atoms with Gasteiger partial charge in [0.05, 0.1) is 6.04 Å². The van der Waals surface area contributed by atoms with E-state index in [1.165, 1.54) is 24.4 Å². The third-order valence-corrected chi connectivity index (χ3v) is 3.82. The summed E-state index contributed by atoms with van der Waals surface area (Å²) in [6, 6.07) is 2.50. The first-order valence-electron chi connectivity index (χ1n) is 8.95. The second-order valence-electron chi connectivity index (χ2n) is 6.86. The number of hydrogen-bond donors (Lipinski definition) is 3. The number of aromatic nitrogens is 1. The molecule has 2 rings (SSSR count). The minimum Gasteiger partial charge on any atom is -0.470 e. The Morgan fingerprint density at radius 2 is 2.07 bits per heavy atom. The zero-order valence-corrected chi connectivity index (χ0v) is 16.3. The number of alkyl halides is 3. The van der Waals surface area contributed by atoms with E-state index in [-0.39, 0.29) is 30.1 Å². The number of anilines is 1. The number of dihydropyridines is 1. The van der Waals surface area contributed by atoms with E-state index in [2.05, 4.69) is 20.9 Å². The minimum atomic E-state index is -4.44. The Labute approximate surface area is 166 Å². The second kappa shape index (κ2) is 9.44. The van der Waals surface area contributed by atoms with Gasteiger partial charge in [-0.25, -0.2) is 4.98 Å². The quantitative estimate of drug-likeness (QED) is 0.641. The first-order chi connectivity index (χ1) is 13.5. The summed E-state index contributed by atoms with van der Waals surface area (Å²) in [4.78, 5) is 28.1. The molecule has 0 spiro atoms. The topological polar surface area (TPSA) is 92.4 Å². The molecule has 1 aliphatic heterocycles. The molecular weight excluding hydrogens is 389 g/mol. The molecule has 2 heterocycles. The molecule has 1 atom stereocenters. The number of allylic oxidation sites excluding steroid dienone is 2. The highest BCUT2D eigenvalue weighted by Gasteiger charge is 2.29. The van der Waals surface area contributed by atoms with Crippen LogP contribution in [0.5, 0.6) is 0 Å². The molecule has 0 bridgehead atoms. The lowest BCUT2D eigenvalue weighted by Gasteiger charge is -2.24. The number of ether oxygens (including phenoxy) is 1. The van der Waals surface area contributed by atoms with Gasteiger partial charge >= 0.3 is 6.18 Å². The van der Waals surface area contributed by atoms with Crippen molar-refractivity contribution in [3.8, 4) is 0 Å². The maximum absolute atomic E-state index is 12.4. The van der Waals surface area contributed by atoms with Crippen molar-refractivity contribution >= 4 is 17.6 Å². The van der Waals surface area contributed by atoms with Crippen molar-refractivity contribution in [2.75, 3.05) is 18.5 Å². The Morgan fingerprint density at radius 1 is 1.34 bits per heavy atom. The van der Waals surface area contributed by atoms with Gasteiger partial charge < -0.3 is 20.7 Å². The zero-order chi connectivity index (χ0) is 21.6. The van der Waals surface area contributed by atoms with Crippen molar-refractivity contribution in [2.45, 2.75) is 33.0 Å². The number of nitrogens with one attached hydrogen (secondary N) is 3. The minimum absolute atomic E-state index is 0.0100. The molecule has 0 aromatic carbocycles. The molecule has 1 aromatic rings. The second-order valence-corrected chi connectivity index (χ2v) is 6.86. The van der Waals surface area contributed by atoms with Gasteiger partial charge in [0.1, 0.15) is 5.82 Å². The normalized spacial score (nSPS) is 16.4. The van der Waals surface area contributed by atoms with Crippen molar-refractivity contribution < 1.29 is 27.5 Å². The Hall–Kier alpha value is -3.04. The smallest absolute Gasteiger partial charge is 0.422 e. The molecule has 1 aromatic heterocycles. The van der Waals surface area contributed by atoms with Crippen molar-refractivity contribution in [3.05, 3.63) is 47.5 Å². The number of carbonyl (C=O) groups is 2. The number of hydrogen-bond acceptors (Lipinski definition) is 5. The number of carbonyl (C=O) groups excluding carboxylic acids is 2. The summed E-state index contributed by atoms with van der Waals surface area (Å²) >= 11 is 0. The lowest BCUT2D eigenvalue weighted by atomic mass is 10.1. The van der Waals surface area contributed by atoms with E-state index >= 15 is 0 Å². The lowest BCUT2D eigenvalue weighted by molar-refractivity contribution is -0.166. The van der Waals surface area contributed by atoms with Crippen LogP contribution in [-0.4, -0.2) is 42.2 Å². The first kappa shape index (κ1) is 22.3. The molecule has 29 heavy (non-hydrogen) atoms. The lowest BCUT2D eigenvalue weighted by Crippen LogP contribution is -2.41. The Balaban J connectivity index is 1.92. The summed E-state index contributed by atoms with van der Waals surface area (Å²) in [5, 5.41) is 8.10. The monoisotopic (exact) mass is 412 g/mol. The fourth-order valence-electron chi connectivity index (χ4n) is 2.41. The van der Waals surface area contributed by atoms with Gasteiger partial charge in [-0.2, -0.15) is 13.2 Å². The predicted octanol–water partition coefficient (Wildman–Crippen LogP) is 2.74. The average molecular weight is 412 g/mol. The molecule has 3 N–H and O–H groups in total. The highest BCUT2D eigenvalue weighted by molar-refractivity contribution is 5.96. The Morgan fingerprint density at radius 3 is 2.72 bits per heavy atom. The summed E-state index contributed by atoms with van der Waals surface area (Å²) < 4.78 is 41.7. The van der Waals surface area contributed by atoms with Gasteiger partial charge in [-0.15, -0.1) is 0 Å². The number of rotatable bonds is 7. The Bertz CT molecular complexity index is 819.